The first kappa shape index (κ1) is 47.4. The number of fused-ring (bicyclic) bond motifs is 2. The Morgan fingerprint density at radius 2 is 1.64 bits per heavy atom. The van der Waals surface area contributed by atoms with Crippen molar-refractivity contribution < 1.29 is 50.6 Å². The molecule has 364 valence electrons. The molecule has 0 radical (unpaired) electrons. The van der Waals surface area contributed by atoms with Crippen LogP contribution < -0.4 is 29.3 Å². The number of sulfone groups is 1. The van der Waals surface area contributed by atoms with Gasteiger partial charge >= 0.3 is 6.03 Å². The number of piperidine rings is 1. The van der Waals surface area contributed by atoms with Crippen LogP contribution in [0.25, 0.3) is 10.9 Å². The van der Waals surface area contributed by atoms with Crippen LogP contribution in [0.2, 0.25) is 0 Å². The summed E-state index contributed by atoms with van der Waals surface area (Å²) in [4.78, 5) is 60.5. The number of anilines is 2. The van der Waals surface area contributed by atoms with Crippen LogP contribution in [0.4, 0.5) is 25.1 Å². The van der Waals surface area contributed by atoms with Crippen molar-refractivity contribution in [1.29, 1.82) is 0 Å². The standard InChI is InChI=1S/C49H54F2N8O9S/c1-5-67-41-27-32(11-16-40(41)66-3)39(29-69(4,64)65)59-46(61)36-7-6-8-37(44(36)47(59)62)56-23-25-57(26-24-56)42-18-21-55(30-49(42,50)51)20-17-31-9-12-33(13-10-31)68-34-14-15-35-38(28-34)54(2)53-45(35)58-22-19-43(60)52-48(58)63/h6-16,27-28,39,42H,5,17-26,29-30H2,1-4H3,(H,52,60,63)/t39-,42+/m1/s1. The number of carbonyl (C=O) groups excluding carboxylic acids is 4. The molecule has 3 saturated heterocycles. The molecule has 0 aliphatic carbocycles. The number of carbonyl (C=O) groups is 4. The summed E-state index contributed by atoms with van der Waals surface area (Å²) < 4.78 is 76.5. The van der Waals surface area contributed by atoms with E-state index in [1.54, 1.807) is 61.1 Å². The summed E-state index contributed by atoms with van der Waals surface area (Å²) in [7, 11) is -0.452. The fourth-order valence-corrected chi connectivity index (χ4v) is 10.8. The highest BCUT2D eigenvalue weighted by molar-refractivity contribution is 7.90. The Bertz CT molecular complexity index is 2920. The number of hydrogen-bond donors (Lipinski definition) is 1. The Hall–Kier alpha value is -6.64. The SMILES string of the molecule is CCOc1cc([C@@H](CS(C)(=O)=O)N2C(=O)c3cccc(N4CCN([C@H]5CCN(CCc6ccc(Oc7ccc8c(N9CCC(=O)NC9=O)nn(C)c8c7)cc6)CC5(F)F)CC4)c3C2=O)ccc1OC. The normalized spacial score (nSPS) is 19.5. The number of aromatic nitrogens is 2. The molecule has 9 rings (SSSR count). The lowest BCUT2D eigenvalue weighted by Gasteiger charge is -2.46. The summed E-state index contributed by atoms with van der Waals surface area (Å²) >= 11 is 0. The second kappa shape index (κ2) is 19.0. The molecule has 17 nitrogen and oxygen atoms in total. The molecule has 0 spiro atoms. The van der Waals surface area contributed by atoms with Gasteiger partial charge in [-0.15, -0.1) is 0 Å². The zero-order valence-corrected chi connectivity index (χ0v) is 39.6. The van der Waals surface area contributed by atoms with E-state index in [9.17, 15) is 27.6 Å². The van der Waals surface area contributed by atoms with Crippen molar-refractivity contribution in [3.8, 4) is 23.0 Å². The van der Waals surface area contributed by atoms with Gasteiger partial charge in [0.15, 0.2) is 17.3 Å². The van der Waals surface area contributed by atoms with Crippen LogP contribution in [-0.2, 0) is 28.1 Å². The maximum absolute atomic E-state index is 16.0. The largest absolute Gasteiger partial charge is 0.493 e. The third-order valence-electron chi connectivity index (χ3n) is 13.3. The van der Waals surface area contributed by atoms with E-state index >= 15 is 8.78 Å². The van der Waals surface area contributed by atoms with Gasteiger partial charge in [-0.25, -0.2) is 22.0 Å². The molecule has 2 atom stereocenters. The van der Waals surface area contributed by atoms with Crippen LogP contribution >= 0.6 is 0 Å². The van der Waals surface area contributed by atoms with E-state index in [1.165, 1.54) is 12.0 Å². The number of likely N-dealkylation sites (tertiary alicyclic amines) is 1. The van der Waals surface area contributed by atoms with Gasteiger partial charge in [0.2, 0.25) is 5.91 Å². The minimum Gasteiger partial charge on any atom is -0.493 e. The molecule has 4 aromatic carbocycles. The predicted molar refractivity (Wildman–Crippen MR) is 254 cm³/mol. The van der Waals surface area contributed by atoms with Crippen molar-refractivity contribution in [3.05, 3.63) is 101 Å². The Labute approximate surface area is 398 Å². The van der Waals surface area contributed by atoms with Crippen molar-refractivity contribution in [1.82, 2.24) is 29.8 Å². The van der Waals surface area contributed by atoms with Crippen molar-refractivity contribution >= 4 is 56.0 Å². The fourth-order valence-electron chi connectivity index (χ4n) is 9.92. The number of benzene rings is 4. The van der Waals surface area contributed by atoms with Crippen LogP contribution in [0.15, 0.2) is 78.9 Å². The molecule has 5 heterocycles. The Kier molecular flexibility index (Phi) is 13.1. The lowest BCUT2D eigenvalue weighted by atomic mass is 9.97. The second-order valence-electron chi connectivity index (χ2n) is 17.9. The maximum Gasteiger partial charge on any atom is 0.329 e. The number of urea groups is 1. The summed E-state index contributed by atoms with van der Waals surface area (Å²) in [5.74, 6) is -2.65. The molecule has 1 N–H and O–H groups in total. The number of halogens is 2. The van der Waals surface area contributed by atoms with Gasteiger partial charge in [-0.05, 0) is 79.4 Å². The number of methoxy groups -OCH3 is 1. The van der Waals surface area contributed by atoms with E-state index in [2.05, 4.69) is 10.4 Å². The van der Waals surface area contributed by atoms with E-state index in [0.29, 0.717) is 92.4 Å². The molecule has 5 amide bonds. The van der Waals surface area contributed by atoms with Gasteiger partial charge < -0.3 is 19.1 Å². The zero-order chi connectivity index (χ0) is 48.8. The minimum absolute atomic E-state index is 0.155. The minimum atomic E-state index is -3.70. The molecule has 4 aliphatic rings. The van der Waals surface area contributed by atoms with Crippen molar-refractivity contribution in [3.63, 3.8) is 0 Å². The molecule has 5 aromatic rings. The summed E-state index contributed by atoms with van der Waals surface area (Å²) in [5, 5.41) is 7.59. The number of piperazine rings is 1. The van der Waals surface area contributed by atoms with E-state index in [-0.39, 0.29) is 43.0 Å². The van der Waals surface area contributed by atoms with Crippen molar-refractivity contribution in [2.24, 2.45) is 7.05 Å². The van der Waals surface area contributed by atoms with Gasteiger partial charge in [-0.2, -0.15) is 5.10 Å². The first-order valence-corrected chi connectivity index (χ1v) is 25.0. The Morgan fingerprint density at radius 1 is 0.884 bits per heavy atom. The van der Waals surface area contributed by atoms with E-state index in [0.717, 1.165) is 27.6 Å². The second-order valence-corrected chi connectivity index (χ2v) is 20.1. The average molecular weight is 969 g/mol. The van der Waals surface area contributed by atoms with E-state index in [1.807, 2.05) is 51.1 Å². The molecular formula is C49H54F2N8O9S. The average Bonchev–Trinajstić information content (AvgIpc) is 3.78. The topological polar surface area (TPSA) is 176 Å². The Morgan fingerprint density at radius 3 is 2.33 bits per heavy atom. The summed E-state index contributed by atoms with van der Waals surface area (Å²) in [6.07, 6.45) is 2.10. The molecule has 20 heteroatoms. The number of rotatable bonds is 15. The molecule has 1 aromatic heterocycles. The molecule has 4 aliphatic heterocycles. The van der Waals surface area contributed by atoms with Gasteiger partial charge in [0.1, 0.15) is 21.3 Å². The summed E-state index contributed by atoms with van der Waals surface area (Å²) in [5.41, 5.74) is 2.94. The lowest BCUT2D eigenvalue weighted by Crippen LogP contribution is -2.62. The molecule has 69 heavy (non-hydrogen) atoms. The highest BCUT2D eigenvalue weighted by atomic mass is 32.2. The van der Waals surface area contributed by atoms with Crippen molar-refractivity contribution in [2.45, 2.75) is 44.2 Å². The first-order chi connectivity index (χ1) is 33.0. The van der Waals surface area contributed by atoms with Crippen LogP contribution in [-0.4, -0.2) is 147 Å². The number of nitrogens with zero attached hydrogens (tertiary/aromatic N) is 7. The number of alkyl halides is 2. The first-order valence-electron chi connectivity index (χ1n) is 22.9. The quantitative estimate of drug-likeness (QED) is 0.127. The van der Waals surface area contributed by atoms with Crippen molar-refractivity contribution in [2.75, 3.05) is 87.9 Å². The fraction of sp³-hybridized carbons (Fsp3) is 0.408. The molecule has 0 bridgehead atoms. The van der Waals surface area contributed by atoms with Gasteiger partial charge in [-0.1, -0.05) is 24.3 Å². The number of nitrogens with one attached hydrogen (secondary N) is 1. The highest BCUT2D eigenvalue weighted by Crippen LogP contribution is 2.41. The van der Waals surface area contributed by atoms with Gasteiger partial charge in [0, 0.05) is 77.0 Å². The number of ether oxygens (including phenoxy) is 3. The van der Waals surface area contributed by atoms with Gasteiger partial charge in [0.05, 0.1) is 60.4 Å². The number of hydrogen-bond acceptors (Lipinski definition) is 13. The maximum atomic E-state index is 16.0. The molecule has 0 saturated carbocycles. The lowest BCUT2D eigenvalue weighted by molar-refractivity contribution is -0.127. The van der Waals surface area contributed by atoms with Crippen LogP contribution in [0.1, 0.15) is 57.7 Å². The molecule has 0 unspecified atom stereocenters. The summed E-state index contributed by atoms with van der Waals surface area (Å²) in [6.45, 7) is 4.27. The van der Waals surface area contributed by atoms with E-state index < -0.39 is 51.4 Å². The number of aryl methyl sites for hydroxylation is 1. The number of amides is 5. The summed E-state index contributed by atoms with van der Waals surface area (Å²) in [6, 6.07) is 20.2. The van der Waals surface area contributed by atoms with Gasteiger partial charge in [-0.3, -0.25) is 44.0 Å². The Balaban J connectivity index is 0.794. The molecule has 3 fully saturated rings. The van der Waals surface area contributed by atoms with Crippen LogP contribution in [0, 0.1) is 0 Å². The van der Waals surface area contributed by atoms with Crippen LogP contribution in [0.5, 0.6) is 23.0 Å². The van der Waals surface area contributed by atoms with E-state index in [4.69, 9.17) is 14.2 Å². The number of imide groups is 2. The van der Waals surface area contributed by atoms with Crippen LogP contribution in [0.3, 0.4) is 0 Å². The predicted octanol–water partition coefficient (Wildman–Crippen LogP) is 5.68. The smallest absolute Gasteiger partial charge is 0.329 e. The third kappa shape index (κ3) is 9.69. The molecular weight excluding hydrogens is 915 g/mol. The van der Waals surface area contributed by atoms with Gasteiger partial charge in [0.25, 0.3) is 17.7 Å². The third-order valence-corrected chi connectivity index (χ3v) is 14.2. The zero-order valence-electron chi connectivity index (χ0n) is 38.8. The monoisotopic (exact) mass is 968 g/mol. The highest BCUT2D eigenvalue weighted by Gasteiger charge is 2.49.